The van der Waals surface area contributed by atoms with E-state index in [-0.39, 0.29) is 0 Å². The molecule has 94 valence electrons. The van der Waals surface area contributed by atoms with Crippen molar-refractivity contribution in [2.45, 2.75) is 40.5 Å². The summed E-state index contributed by atoms with van der Waals surface area (Å²) in [5, 5.41) is 0. The topological polar surface area (TPSA) is 9.23 Å². The summed E-state index contributed by atoms with van der Waals surface area (Å²) in [7, 11) is 1.76. The molecule has 0 fully saturated rings. The minimum Gasteiger partial charge on any atom is -0.496 e. The highest BCUT2D eigenvalue weighted by Gasteiger charge is 2.09. The standard InChI is InChI=1S/C16H24O/c1-6-7-8-12(2)10-15-11-13(3)9-14(4)16(15)17-5/h7-9,11-12H,6,10H2,1-5H3/b8-7-. The second-order valence-corrected chi connectivity index (χ2v) is 4.79. The SMILES string of the molecule is CC/C=C\C(C)Cc1cc(C)cc(C)c1OC. The number of rotatable bonds is 5. The fraction of sp³-hybridized carbons (Fsp3) is 0.500. The lowest BCUT2D eigenvalue weighted by molar-refractivity contribution is 0.404. The summed E-state index contributed by atoms with van der Waals surface area (Å²) < 4.78 is 5.51. The number of methoxy groups -OCH3 is 1. The maximum absolute atomic E-state index is 5.51. The van der Waals surface area contributed by atoms with Gasteiger partial charge < -0.3 is 4.74 Å². The Labute approximate surface area is 106 Å². The van der Waals surface area contributed by atoms with Crippen LogP contribution >= 0.6 is 0 Å². The molecule has 0 N–H and O–H groups in total. The van der Waals surface area contributed by atoms with Gasteiger partial charge in [-0.3, -0.25) is 0 Å². The molecule has 0 aromatic heterocycles. The molecule has 1 aromatic rings. The van der Waals surface area contributed by atoms with Crippen LogP contribution in [0.15, 0.2) is 24.3 Å². The van der Waals surface area contributed by atoms with Gasteiger partial charge in [0.1, 0.15) is 5.75 Å². The largest absolute Gasteiger partial charge is 0.496 e. The summed E-state index contributed by atoms with van der Waals surface area (Å²) in [6.45, 7) is 8.67. The maximum Gasteiger partial charge on any atom is 0.124 e. The summed E-state index contributed by atoms with van der Waals surface area (Å²) >= 11 is 0. The van der Waals surface area contributed by atoms with E-state index in [9.17, 15) is 0 Å². The molecule has 1 unspecified atom stereocenters. The quantitative estimate of drug-likeness (QED) is 0.681. The minimum atomic E-state index is 0.560. The van der Waals surface area contributed by atoms with E-state index in [4.69, 9.17) is 4.74 Å². The molecule has 1 rings (SSSR count). The van der Waals surface area contributed by atoms with Crippen molar-refractivity contribution < 1.29 is 4.74 Å². The molecule has 0 amide bonds. The smallest absolute Gasteiger partial charge is 0.124 e. The summed E-state index contributed by atoms with van der Waals surface area (Å²) in [6, 6.07) is 4.41. The van der Waals surface area contributed by atoms with Crippen molar-refractivity contribution in [3.05, 3.63) is 41.0 Å². The van der Waals surface area contributed by atoms with Gasteiger partial charge in [0.15, 0.2) is 0 Å². The van der Waals surface area contributed by atoms with Crippen molar-refractivity contribution in [2.24, 2.45) is 5.92 Å². The Bertz CT molecular complexity index is 391. The molecular weight excluding hydrogens is 208 g/mol. The van der Waals surface area contributed by atoms with Gasteiger partial charge in [-0.25, -0.2) is 0 Å². The maximum atomic E-state index is 5.51. The fourth-order valence-corrected chi connectivity index (χ4v) is 2.27. The first kappa shape index (κ1) is 13.8. The molecule has 0 aliphatic heterocycles. The predicted octanol–water partition coefficient (Wildman–Crippen LogP) is 4.46. The van der Waals surface area contributed by atoms with E-state index in [2.05, 4.69) is 52.0 Å². The molecule has 1 nitrogen and oxygen atoms in total. The van der Waals surface area contributed by atoms with Gasteiger partial charge in [-0.15, -0.1) is 0 Å². The zero-order valence-corrected chi connectivity index (χ0v) is 11.7. The number of benzene rings is 1. The lowest BCUT2D eigenvalue weighted by Crippen LogP contribution is -2.01. The van der Waals surface area contributed by atoms with Crippen molar-refractivity contribution in [2.75, 3.05) is 7.11 Å². The lowest BCUT2D eigenvalue weighted by Gasteiger charge is -2.14. The molecule has 17 heavy (non-hydrogen) atoms. The van der Waals surface area contributed by atoms with Gasteiger partial charge >= 0.3 is 0 Å². The molecule has 0 saturated carbocycles. The fourth-order valence-electron chi connectivity index (χ4n) is 2.27. The molecule has 0 radical (unpaired) electrons. The molecule has 1 atom stereocenters. The molecule has 0 bridgehead atoms. The molecule has 0 aliphatic rings. The van der Waals surface area contributed by atoms with Crippen molar-refractivity contribution in [3.63, 3.8) is 0 Å². The second kappa shape index (κ2) is 6.48. The Kier molecular flexibility index (Phi) is 5.27. The molecular formula is C16H24O. The average Bonchev–Trinajstić information content (AvgIpc) is 2.25. The van der Waals surface area contributed by atoms with Gasteiger partial charge in [-0.2, -0.15) is 0 Å². The van der Waals surface area contributed by atoms with Crippen LogP contribution in [0.4, 0.5) is 0 Å². The molecule has 0 heterocycles. The first-order chi connectivity index (χ1) is 8.08. The number of ether oxygens (including phenoxy) is 1. The van der Waals surface area contributed by atoms with Crippen LogP contribution in [0.1, 0.15) is 37.0 Å². The molecule has 0 saturated heterocycles. The third-order valence-electron chi connectivity index (χ3n) is 2.94. The Balaban J connectivity index is 2.93. The van der Waals surface area contributed by atoms with Gasteiger partial charge in [0.2, 0.25) is 0 Å². The van der Waals surface area contributed by atoms with Crippen molar-refractivity contribution >= 4 is 0 Å². The first-order valence-corrected chi connectivity index (χ1v) is 6.39. The average molecular weight is 232 g/mol. The molecule has 0 spiro atoms. The van der Waals surface area contributed by atoms with E-state index in [0.29, 0.717) is 5.92 Å². The third kappa shape index (κ3) is 3.92. The lowest BCUT2D eigenvalue weighted by atomic mass is 9.96. The van der Waals surface area contributed by atoms with Gasteiger partial charge in [0.05, 0.1) is 7.11 Å². The van der Waals surface area contributed by atoms with Gasteiger partial charge in [-0.05, 0) is 43.7 Å². The van der Waals surface area contributed by atoms with E-state index in [1.54, 1.807) is 7.11 Å². The highest BCUT2D eigenvalue weighted by Crippen LogP contribution is 2.27. The first-order valence-electron chi connectivity index (χ1n) is 6.39. The van der Waals surface area contributed by atoms with Crippen molar-refractivity contribution in [1.82, 2.24) is 0 Å². The Morgan fingerprint density at radius 2 is 2.00 bits per heavy atom. The van der Waals surface area contributed by atoms with Crippen LogP contribution in [0.3, 0.4) is 0 Å². The van der Waals surface area contributed by atoms with Crippen LogP contribution in [0.2, 0.25) is 0 Å². The van der Waals surface area contributed by atoms with E-state index < -0.39 is 0 Å². The van der Waals surface area contributed by atoms with E-state index in [1.807, 2.05) is 0 Å². The van der Waals surface area contributed by atoms with Crippen LogP contribution in [-0.4, -0.2) is 7.11 Å². The van der Waals surface area contributed by atoms with Gasteiger partial charge in [-0.1, -0.05) is 43.7 Å². The van der Waals surface area contributed by atoms with E-state index in [0.717, 1.165) is 18.6 Å². The Morgan fingerprint density at radius 3 is 2.59 bits per heavy atom. The number of hydrogen-bond donors (Lipinski definition) is 0. The number of allylic oxidation sites excluding steroid dienone is 2. The normalized spacial score (nSPS) is 13.0. The summed E-state index contributed by atoms with van der Waals surface area (Å²) in [5.41, 5.74) is 3.86. The summed E-state index contributed by atoms with van der Waals surface area (Å²) in [4.78, 5) is 0. The Hall–Kier alpha value is -1.24. The molecule has 1 aromatic carbocycles. The number of hydrogen-bond acceptors (Lipinski definition) is 1. The predicted molar refractivity (Wildman–Crippen MR) is 74.8 cm³/mol. The third-order valence-corrected chi connectivity index (χ3v) is 2.94. The minimum absolute atomic E-state index is 0.560. The zero-order chi connectivity index (χ0) is 12.8. The molecule has 1 heteroatoms. The molecule has 0 aliphatic carbocycles. The van der Waals surface area contributed by atoms with Crippen LogP contribution in [0.5, 0.6) is 5.75 Å². The van der Waals surface area contributed by atoms with Crippen LogP contribution in [0, 0.1) is 19.8 Å². The highest BCUT2D eigenvalue weighted by molar-refractivity contribution is 5.44. The van der Waals surface area contributed by atoms with Gasteiger partial charge in [0.25, 0.3) is 0 Å². The van der Waals surface area contributed by atoms with Crippen molar-refractivity contribution in [3.8, 4) is 5.75 Å². The van der Waals surface area contributed by atoms with Gasteiger partial charge in [0, 0.05) is 0 Å². The van der Waals surface area contributed by atoms with Crippen LogP contribution < -0.4 is 4.74 Å². The van der Waals surface area contributed by atoms with Crippen molar-refractivity contribution in [1.29, 1.82) is 0 Å². The zero-order valence-electron chi connectivity index (χ0n) is 11.7. The van der Waals surface area contributed by atoms with Crippen LogP contribution in [-0.2, 0) is 6.42 Å². The summed E-state index contributed by atoms with van der Waals surface area (Å²) in [5.74, 6) is 1.61. The number of aryl methyl sites for hydroxylation is 2. The van der Waals surface area contributed by atoms with E-state index >= 15 is 0 Å². The van der Waals surface area contributed by atoms with E-state index in [1.165, 1.54) is 16.7 Å². The van der Waals surface area contributed by atoms with Crippen LogP contribution in [0.25, 0.3) is 0 Å². The second-order valence-electron chi connectivity index (χ2n) is 4.79. The highest BCUT2D eigenvalue weighted by atomic mass is 16.5. The monoisotopic (exact) mass is 232 g/mol. The summed E-state index contributed by atoms with van der Waals surface area (Å²) in [6.07, 6.45) is 6.67. The Morgan fingerprint density at radius 1 is 1.29 bits per heavy atom.